The molecule has 0 spiro atoms. The second-order valence-corrected chi connectivity index (χ2v) is 7.09. The Morgan fingerprint density at radius 3 is 2.47 bits per heavy atom. The van der Waals surface area contributed by atoms with Crippen LogP contribution in [-0.2, 0) is 4.74 Å². The van der Waals surface area contributed by atoms with Crippen LogP contribution in [0.4, 0.5) is 4.79 Å². The van der Waals surface area contributed by atoms with E-state index >= 15 is 0 Å². The summed E-state index contributed by atoms with van der Waals surface area (Å²) >= 11 is 0. The highest BCUT2D eigenvalue weighted by Gasteiger charge is 2.45. The molecule has 2 aliphatic rings. The molecule has 110 valence electrons. The molecule has 1 aliphatic carbocycles. The second-order valence-electron chi connectivity index (χ2n) is 7.09. The molecule has 4 nitrogen and oxygen atoms in total. The van der Waals surface area contributed by atoms with Crippen molar-refractivity contribution >= 4 is 6.09 Å². The van der Waals surface area contributed by atoms with Gasteiger partial charge < -0.3 is 14.7 Å². The highest BCUT2D eigenvalue weighted by Crippen LogP contribution is 2.38. The maximum Gasteiger partial charge on any atom is 0.410 e. The van der Waals surface area contributed by atoms with Gasteiger partial charge in [0.05, 0.1) is 12.1 Å². The first-order chi connectivity index (χ1) is 8.80. The van der Waals surface area contributed by atoms with E-state index in [4.69, 9.17) is 4.74 Å². The summed E-state index contributed by atoms with van der Waals surface area (Å²) in [6.07, 6.45) is 6.29. The van der Waals surface area contributed by atoms with Crippen molar-refractivity contribution in [1.29, 1.82) is 0 Å². The van der Waals surface area contributed by atoms with Gasteiger partial charge in [0.25, 0.3) is 0 Å². The molecule has 0 radical (unpaired) electrons. The summed E-state index contributed by atoms with van der Waals surface area (Å²) < 4.78 is 5.38. The van der Waals surface area contributed by atoms with Gasteiger partial charge in [0, 0.05) is 6.54 Å². The molecule has 1 heterocycles. The summed E-state index contributed by atoms with van der Waals surface area (Å²) in [5.74, 6) is 0.355. The van der Waals surface area contributed by atoms with Crippen molar-refractivity contribution in [3.8, 4) is 0 Å². The van der Waals surface area contributed by atoms with Gasteiger partial charge in [-0.15, -0.1) is 0 Å². The van der Waals surface area contributed by atoms with Gasteiger partial charge in [-0.2, -0.15) is 0 Å². The Balaban J connectivity index is 1.93. The van der Waals surface area contributed by atoms with E-state index in [0.29, 0.717) is 25.4 Å². The number of amides is 1. The Morgan fingerprint density at radius 1 is 1.26 bits per heavy atom. The average Bonchev–Trinajstić information content (AvgIpc) is 2.73. The number of nitrogens with zero attached hydrogens (tertiary/aromatic N) is 1. The number of aliphatic hydroxyl groups is 1. The lowest BCUT2D eigenvalue weighted by Gasteiger charge is -2.35. The Morgan fingerprint density at radius 2 is 1.89 bits per heavy atom. The molecule has 2 rings (SSSR count). The number of carbonyl (C=O) groups is 1. The third kappa shape index (κ3) is 3.62. The molecule has 1 atom stereocenters. The van der Waals surface area contributed by atoms with Crippen LogP contribution < -0.4 is 0 Å². The van der Waals surface area contributed by atoms with Gasteiger partial charge in [-0.1, -0.05) is 19.3 Å². The van der Waals surface area contributed by atoms with Crippen LogP contribution in [0.2, 0.25) is 0 Å². The van der Waals surface area contributed by atoms with E-state index < -0.39 is 11.2 Å². The van der Waals surface area contributed by atoms with Crippen molar-refractivity contribution in [2.45, 2.75) is 70.5 Å². The maximum atomic E-state index is 12.0. The highest BCUT2D eigenvalue weighted by molar-refractivity contribution is 5.68. The van der Waals surface area contributed by atoms with Crippen molar-refractivity contribution in [1.82, 2.24) is 4.90 Å². The molecule has 1 N–H and O–H groups in total. The van der Waals surface area contributed by atoms with Gasteiger partial charge in [-0.05, 0) is 46.0 Å². The lowest BCUT2D eigenvalue weighted by molar-refractivity contribution is -0.0278. The summed E-state index contributed by atoms with van der Waals surface area (Å²) in [7, 11) is 0. The SMILES string of the molecule is CC(C)(C)OC(=O)N1CCC(O)(C2CCCCC2)C1. The molecule has 0 aromatic heterocycles. The third-order valence-corrected chi connectivity index (χ3v) is 4.30. The Bertz CT molecular complexity index is 331. The minimum Gasteiger partial charge on any atom is -0.444 e. The van der Waals surface area contributed by atoms with E-state index in [2.05, 4.69) is 0 Å². The highest BCUT2D eigenvalue weighted by atomic mass is 16.6. The summed E-state index contributed by atoms with van der Waals surface area (Å²) in [6.45, 7) is 6.66. The number of hydrogen-bond donors (Lipinski definition) is 1. The van der Waals surface area contributed by atoms with E-state index in [1.54, 1.807) is 4.90 Å². The summed E-state index contributed by atoms with van der Waals surface area (Å²) in [5.41, 5.74) is -1.15. The van der Waals surface area contributed by atoms with Gasteiger partial charge in [0.15, 0.2) is 0 Å². The fourth-order valence-corrected chi connectivity index (χ4v) is 3.27. The van der Waals surface area contributed by atoms with Crippen LogP contribution in [0.15, 0.2) is 0 Å². The van der Waals surface area contributed by atoms with Gasteiger partial charge in [0.1, 0.15) is 5.60 Å². The summed E-state index contributed by atoms with van der Waals surface area (Å²) in [6, 6.07) is 0. The number of hydrogen-bond acceptors (Lipinski definition) is 3. The molecule has 1 amide bonds. The number of β-amino-alcohol motifs (C(OH)–C–C–N with tert-alkyl or cyclic N) is 1. The summed E-state index contributed by atoms with van der Waals surface area (Å²) in [5, 5.41) is 10.8. The molecule has 19 heavy (non-hydrogen) atoms. The number of likely N-dealkylation sites (tertiary alicyclic amines) is 1. The molecule has 1 saturated carbocycles. The minimum absolute atomic E-state index is 0.292. The lowest BCUT2D eigenvalue weighted by atomic mass is 9.76. The maximum absolute atomic E-state index is 12.0. The quantitative estimate of drug-likeness (QED) is 0.796. The van der Waals surface area contributed by atoms with E-state index in [1.807, 2.05) is 20.8 Å². The monoisotopic (exact) mass is 269 g/mol. The van der Waals surface area contributed by atoms with Crippen molar-refractivity contribution in [3.63, 3.8) is 0 Å². The second kappa shape index (κ2) is 5.31. The summed E-state index contributed by atoms with van der Waals surface area (Å²) in [4.78, 5) is 13.7. The zero-order valence-electron chi connectivity index (χ0n) is 12.4. The Hall–Kier alpha value is -0.770. The first-order valence-electron chi connectivity index (χ1n) is 7.50. The normalized spacial score (nSPS) is 29.6. The Kier molecular flexibility index (Phi) is 4.09. The molecule has 0 bridgehead atoms. The van der Waals surface area contributed by atoms with Crippen LogP contribution in [0, 0.1) is 5.92 Å². The van der Waals surface area contributed by atoms with Crippen LogP contribution >= 0.6 is 0 Å². The first-order valence-corrected chi connectivity index (χ1v) is 7.50. The van der Waals surface area contributed by atoms with Crippen LogP contribution in [0.1, 0.15) is 59.3 Å². The topological polar surface area (TPSA) is 49.8 Å². The van der Waals surface area contributed by atoms with Crippen LogP contribution in [-0.4, -0.2) is 40.4 Å². The molecular weight excluding hydrogens is 242 g/mol. The van der Waals surface area contributed by atoms with Crippen molar-refractivity contribution < 1.29 is 14.6 Å². The molecule has 0 aromatic carbocycles. The van der Waals surface area contributed by atoms with E-state index in [9.17, 15) is 9.90 Å². The largest absolute Gasteiger partial charge is 0.444 e. The fourth-order valence-electron chi connectivity index (χ4n) is 3.27. The van der Waals surface area contributed by atoms with Crippen LogP contribution in [0.5, 0.6) is 0 Å². The minimum atomic E-state index is -0.683. The number of carbonyl (C=O) groups excluding carboxylic acids is 1. The first kappa shape index (κ1) is 14.6. The standard InChI is InChI=1S/C15H27NO3/c1-14(2,3)19-13(17)16-10-9-15(18,11-16)12-7-5-4-6-8-12/h12,18H,4-11H2,1-3H3. The van der Waals surface area contributed by atoms with E-state index in [1.165, 1.54) is 19.3 Å². The van der Waals surface area contributed by atoms with E-state index in [-0.39, 0.29) is 6.09 Å². The molecule has 2 fully saturated rings. The van der Waals surface area contributed by atoms with Crippen molar-refractivity contribution in [2.75, 3.05) is 13.1 Å². The smallest absolute Gasteiger partial charge is 0.410 e. The zero-order valence-corrected chi connectivity index (χ0v) is 12.4. The predicted molar refractivity (Wildman–Crippen MR) is 73.9 cm³/mol. The molecular formula is C15H27NO3. The van der Waals surface area contributed by atoms with Crippen LogP contribution in [0.25, 0.3) is 0 Å². The zero-order chi connectivity index (χ0) is 14.1. The van der Waals surface area contributed by atoms with Gasteiger partial charge in [-0.25, -0.2) is 4.79 Å². The van der Waals surface area contributed by atoms with Gasteiger partial charge in [-0.3, -0.25) is 0 Å². The van der Waals surface area contributed by atoms with Gasteiger partial charge in [0.2, 0.25) is 0 Å². The van der Waals surface area contributed by atoms with E-state index in [0.717, 1.165) is 12.8 Å². The third-order valence-electron chi connectivity index (χ3n) is 4.30. The van der Waals surface area contributed by atoms with Crippen molar-refractivity contribution in [3.05, 3.63) is 0 Å². The number of ether oxygens (including phenoxy) is 1. The molecule has 4 heteroatoms. The van der Waals surface area contributed by atoms with Crippen LogP contribution in [0.3, 0.4) is 0 Å². The predicted octanol–water partition coefficient (Wildman–Crippen LogP) is 2.94. The fraction of sp³-hybridized carbons (Fsp3) is 0.933. The average molecular weight is 269 g/mol. The van der Waals surface area contributed by atoms with Gasteiger partial charge >= 0.3 is 6.09 Å². The lowest BCUT2D eigenvalue weighted by Crippen LogP contribution is -2.44. The molecule has 1 unspecified atom stereocenters. The number of rotatable bonds is 1. The molecule has 0 aromatic rings. The van der Waals surface area contributed by atoms with Crippen molar-refractivity contribution in [2.24, 2.45) is 5.92 Å². The molecule has 1 saturated heterocycles. The molecule has 1 aliphatic heterocycles. The Labute approximate surface area is 116 Å².